The fraction of sp³-hybridized carbons (Fsp3) is 0.500. The van der Waals surface area contributed by atoms with Crippen LogP contribution in [0.15, 0.2) is 30.3 Å². The van der Waals surface area contributed by atoms with Crippen LogP contribution in [0.4, 0.5) is 0 Å². The minimum Gasteiger partial charge on any atom is -0.462 e. The van der Waals surface area contributed by atoms with Gasteiger partial charge in [-0.05, 0) is 43.7 Å². The summed E-state index contributed by atoms with van der Waals surface area (Å²) in [5, 5.41) is 0. The van der Waals surface area contributed by atoms with Crippen LogP contribution in [-0.4, -0.2) is 12.6 Å². The number of rotatable bonds is 4. The molecule has 1 fully saturated rings. The molecule has 1 aromatic rings. The average molecular weight is 272 g/mol. The molecule has 2 rings (SSSR count). The standard InChI is InChI=1S/C18H24O2/c1-3-17(18(19)20-4-2)16-12-10-15(11-13-16)14-8-6-5-7-9-14/h3,10-14H,4-9H2,1-2H3. The maximum atomic E-state index is 11.9. The summed E-state index contributed by atoms with van der Waals surface area (Å²) in [6.07, 6.45) is 8.49. The van der Waals surface area contributed by atoms with Gasteiger partial charge in [-0.2, -0.15) is 0 Å². The topological polar surface area (TPSA) is 26.3 Å². The molecular formula is C18H24O2. The smallest absolute Gasteiger partial charge is 0.338 e. The Labute approximate surface area is 121 Å². The largest absolute Gasteiger partial charge is 0.462 e. The monoisotopic (exact) mass is 272 g/mol. The van der Waals surface area contributed by atoms with E-state index in [2.05, 4.69) is 24.3 Å². The first kappa shape index (κ1) is 14.8. The zero-order valence-electron chi connectivity index (χ0n) is 12.5. The average Bonchev–Trinajstić information content (AvgIpc) is 2.50. The van der Waals surface area contributed by atoms with E-state index in [0.29, 0.717) is 18.1 Å². The lowest BCUT2D eigenvalue weighted by Crippen LogP contribution is -2.07. The van der Waals surface area contributed by atoms with Crippen molar-refractivity contribution in [3.63, 3.8) is 0 Å². The quantitative estimate of drug-likeness (QED) is 0.586. The third-order valence-electron chi connectivity index (χ3n) is 4.08. The van der Waals surface area contributed by atoms with Crippen LogP contribution in [-0.2, 0) is 9.53 Å². The highest BCUT2D eigenvalue weighted by atomic mass is 16.5. The number of carbonyl (C=O) groups excluding carboxylic acids is 1. The Balaban J connectivity index is 2.12. The van der Waals surface area contributed by atoms with Crippen molar-refractivity contribution in [3.05, 3.63) is 41.5 Å². The van der Waals surface area contributed by atoms with Gasteiger partial charge in [0.05, 0.1) is 12.2 Å². The number of benzene rings is 1. The molecule has 20 heavy (non-hydrogen) atoms. The van der Waals surface area contributed by atoms with Crippen LogP contribution >= 0.6 is 0 Å². The number of hydrogen-bond donors (Lipinski definition) is 0. The molecule has 1 aliphatic rings. The molecule has 0 spiro atoms. The number of ether oxygens (including phenoxy) is 1. The van der Waals surface area contributed by atoms with E-state index in [9.17, 15) is 4.79 Å². The summed E-state index contributed by atoms with van der Waals surface area (Å²) in [5.41, 5.74) is 3.01. The van der Waals surface area contributed by atoms with Gasteiger partial charge in [0.25, 0.3) is 0 Å². The van der Waals surface area contributed by atoms with Gasteiger partial charge in [-0.15, -0.1) is 0 Å². The molecule has 0 aromatic heterocycles. The van der Waals surface area contributed by atoms with Crippen molar-refractivity contribution in [1.82, 2.24) is 0 Å². The van der Waals surface area contributed by atoms with E-state index in [-0.39, 0.29) is 5.97 Å². The Hall–Kier alpha value is -1.57. The molecule has 0 aliphatic heterocycles. The molecule has 0 amide bonds. The van der Waals surface area contributed by atoms with Crippen LogP contribution in [0.5, 0.6) is 0 Å². The van der Waals surface area contributed by atoms with Crippen molar-refractivity contribution >= 4 is 11.5 Å². The number of carbonyl (C=O) groups is 1. The molecule has 1 aliphatic carbocycles. The Morgan fingerprint density at radius 3 is 2.40 bits per heavy atom. The van der Waals surface area contributed by atoms with Crippen molar-refractivity contribution in [3.8, 4) is 0 Å². The summed E-state index contributed by atoms with van der Waals surface area (Å²) >= 11 is 0. The summed E-state index contributed by atoms with van der Waals surface area (Å²) in [5.74, 6) is 0.467. The van der Waals surface area contributed by atoms with Gasteiger partial charge in [-0.1, -0.05) is 49.6 Å². The summed E-state index contributed by atoms with van der Waals surface area (Å²) in [6, 6.07) is 8.45. The van der Waals surface area contributed by atoms with Gasteiger partial charge in [0.1, 0.15) is 0 Å². The molecule has 0 bridgehead atoms. The van der Waals surface area contributed by atoms with E-state index in [1.54, 1.807) is 0 Å². The Bertz CT molecular complexity index is 465. The molecule has 1 aromatic carbocycles. The first-order chi connectivity index (χ1) is 9.76. The first-order valence-corrected chi connectivity index (χ1v) is 7.70. The lowest BCUT2D eigenvalue weighted by molar-refractivity contribution is -0.136. The predicted molar refractivity (Wildman–Crippen MR) is 82.6 cm³/mol. The van der Waals surface area contributed by atoms with Crippen LogP contribution < -0.4 is 0 Å². The molecule has 2 heteroatoms. The second-order valence-electron chi connectivity index (χ2n) is 5.38. The van der Waals surface area contributed by atoms with E-state index in [1.165, 1.54) is 37.7 Å². The lowest BCUT2D eigenvalue weighted by Gasteiger charge is -2.22. The SMILES string of the molecule is CC=C(C(=O)OCC)c1ccc(C2CCCCC2)cc1. The van der Waals surface area contributed by atoms with Crippen LogP contribution in [0.3, 0.4) is 0 Å². The van der Waals surface area contributed by atoms with Crippen molar-refractivity contribution in [1.29, 1.82) is 0 Å². The third-order valence-corrected chi connectivity index (χ3v) is 4.08. The highest BCUT2D eigenvalue weighted by Crippen LogP contribution is 2.33. The molecule has 2 nitrogen and oxygen atoms in total. The van der Waals surface area contributed by atoms with Crippen molar-refractivity contribution < 1.29 is 9.53 Å². The predicted octanol–water partition coefficient (Wildman–Crippen LogP) is 4.70. The minimum atomic E-state index is -0.236. The maximum Gasteiger partial charge on any atom is 0.338 e. The zero-order valence-corrected chi connectivity index (χ0v) is 12.5. The highest BCUT2D eigenvalue weighted by Gasteiger charge is 2.16. The van der Waals surface area contributed by atoms with Crippen LogP contribution in [0, 0.1) is 0 Å². The van der Waals surface area contributed by atoms with E-state index < -0.39 is 0 Å². The molecule has 0 atom stereocenters. The number of esters is 1. The zero-order chi connectivity index (χ0) is 14.4. The fourth-order valence-corrected chi connectivity index (χ4v) is 2.98. The van der Waals surface area contributed by atoms with E-state index in [0.717, 1.165) is 5.56 Å². The molecule has 1 saturated carbocycles. The van der Waals surface area contributed by atoms with Gasteiger partial charge in [0.15, 0.2) is 0 Å². The van der Waals surface area contributed by atoms with Crippen LogP contribution in [0.25, 0.3) is 5.57 Å². The third kappa shape index (κ3) is 3.50. The van der Waals surface area contributed by atoms with Crippen LogP contribution in [0.1, 0.15) is 63.0 Å². The Morgan fingerprint density at radius 2 is 1.85 bits per heavy atom. The second-order valence-corrected chi connectivity index (χ2v) is 5.38. The highest BCUT2D eigenvalue weighted by molar-refractivity contribution is 6.16. The molecular weight excluding hydrogens is 248 g/mol. The van der Waals surface area contributed by atoms with Crippen LogP contribution in [0.2, 0.25) is 0 Å². The van der Waals surface area contributed by atoms with Gasteiger partial charge in [0, 0.05) is 0 Å². The molecule has 0 heterocycles. The molecule has 0 saturated heterocycles. The lowest BCUT2D eigenvalue weighted by atomic mass is 9.83. The van der Waals surface area contributed by atoms with E-state index in [1.807, 2.05) is 19.9 Å². The summed E-state index contributed by atoms with van der Waals surface area (Å²) < 4.78 is 5.09. The molecule has 0 N–H and O–H groups in total. The second kappa shape index (κ2) is 7.28. The summed E-state index contributed by atoms with van der Waals surface area (Å²) in [7, 11) is 0. The van der Waals surface area contributed by atoms with Gasteiger partial charge in [-0.25, -0.2) is 4.79 Å². The summed E-state index contributed by atoms with van der Waals surface area (Å²) in [6.45, 7) is 4.12. The van der Waals surface area contributed by atoms with Crippen molar-refractivity contribution in [2.24, 2.45) is 0 Å². The number of allylic oxidation sites excluding steroid dienone is 1. The van der Waals surface area contributed by atoms with Gasteiger partial charge in [-0.3, -0.25) is 0 Å². The van der Waals surface area contributed by atoms with Gasteiger partial charge < -0.3 is 4.74 Å². The molecule has 0 unspecified atom stereocenters. The Kier molecular flexibility index (Phi) is 5.40. The van der Waals surface area contributed by atoms with Crippen molar-refractivity contribution in [2.45, 2.75) is 51.9 Å². The van der Waals surface area contributed by atoms with Gasteiger partial charge in [0.2, 0.25) is 0 Å². The summed E-state index contributed by atoms with van der Waals surface area (Å²) in [4.78, 5) is 11.9. The Morgan fingerprint density at radius 1 is 1.20 bits per heavy atom. The van der Waals surface area contributed by atoms with Gasteiger partial charge >= 0.3 is 5.97 Å². The number of hydrogen-bond acceptors (Lipinski definition) is 2. The van der Waals surface area contributed by atoms with E-state index in [4.69, 9.17) is 4.74 Å². The normalized spacial score (nSPS) is 17.0. The molecule has 108 valence electrons. The fourth-order valence-electron chi connectivity index (χ4n) is 2.98. The van der Waals surface area contributed by atoms with E-state index >= 15 is 0 Å². The maximum absolute atomic E-state index is 11.9. The molecule has 0 radical (unpaired) electrons. The minimum absolute atomic E-state index is 0.236. The first-order valence-electron chi connectivity index (χ1n) is 7.70. The van der Waals surface area contributed by atoms with Crippen molar-refractivity contribution in [2.75, 3.05) is 6.61 Å².